The molecular formula is C23H25N3O2. The van der Waals surface area contributed by atoms with Crippen LogP contribution in [0, 0.1) is 5.92 Å². The van der Waals surface area contributed by atoms with Crippen molar-refractivity contribution in [3.8, 4) is 11.4 Å². The van der Waals surface area contributed by atoms with Gasteiger partial charge in [0.15, 0.2) is 0 Å². The average molecular weight is 375 g/mol. The van der Waals surface area contributed by atoms with E-state index < -0.39 is 0 Å². The van der Waals surface area contributed by atoms with E-state index in [9.17, 15) is 9.90 Å². The number of aromatic nitrogens is 2. The fourth-order valence-electron chi connectivity index (χ4n) is 3.80. The molecule has 0 spiro atoms. The summed E-state index contributed by atoms with van der Waals surface area (Å²) in [5.41, 5.74) is 2.85. The van der Waals surface area contributed by atoms with Gasteiger partial charge >= 0.3 is 0 Å². The Balaban J connectivity index is 1.29. The summed E-state index contributed by atoms with van der Waals surface area (Å²) in [7, 11) is 0. The first kappa shape index (κ1) is 18.3. The van der Waals surface area contributed by atoms with E-state index in [1.165, 1.54) is 5.56 Å². The minimum Gasteiger partial charge on any atom is -0.508 e. The Bertz CT molecular complexity index is 911. The normalized spacial score (nSPS) is 14.9. The van der Waals surface area contributed by atoms with Gasteiger partial charge < -0.3 is 10.0 Å². The van der Waals surface area contributed by atoms with Gasteiger partial charge in [-0.1, -0.05) is 30.3 Å². The van der Waals surface area contributed by atoms with Gasteiger partial charge in [0.1, 0.15) is 5.75 Å². The van der Waals surface area contributed by atoms with Crippen molar-refractivity contribution in [3.05, 3.63) is 78.1 Å². The lowest BCUT2D eigenvalue weighted by atomic mass is 9.90. The van der Waals surface area contributed by atoms with E-state index in [1.807, 2.05) is 53.6 Å². The highest BCUT2D eigenvalue weighted by atomic mass is 16.3. The Labute approximate surface area is 165 Å². The highest BCUT2D eigenvalue weighted by molar-refractivity contribution is 5.93. The maximum absolute atomic E-state index is 12.8. The van der Waals surface area contributed by atoms with Crippen LogP contribution in [-0.4, -0.2) is 38.8 Å². The molecular weight excluding hydrogens is 350 g/mol. The van der Waals surface area contributed by atoms with E-state index in [-0.39, 0.29) is 5.91 Å². The van der Waals surface area contributed by atoms with Crippen LogP contribution >= 0.6 is 0 Å². The minimum atomic E-state index is 0.0687. The molecule has 1 aliphatic rings. The Morgan fingerprint density at radius 1 is 1.04 bits per heavy atom. The molecule has 28 heavy (non-hydrogen) atoms. The molecule has 1 aliphatic heterocycles. The SMILES string of the molecule is O=C(c1cnn(-c2ccccc2)c1)N1CCC(CCc2ccc(O)cc2)CC1. The molecule has 0 aliphatic carbocycles. The number of likely N-dealkylation sites (tertiary alicyclic amines) is 1. The van der Waals surface area contributed by atoms with Crippen molar-refractivity contribution < 1.29 is 9.90 Å². The number of phenols is 1. The third kappa shape index (κ3) is 4.25. The van der Waals surface area contributed by atoms with E-state index in [2.05, 4.69) is 5.10 Å². The van der Waals surface area contributed by atoms with Crippen LogP contribution in [0.2, 0.25) is 0 Å². The monoisotopic (exact) mass is 375 g/mol. The van der Waals surface area contributed by atoms with E-state index in [4.69, 9.17) is 0 Å². The molecule has 1 saturated heterocycles. The summed E-state index contributed by atoms with van der Waals surface area (Å²) in [6, 6.07) is 17.3. The summed E-state index contributed by atoms with van der Waals surface area (Å²) < 4.78 is 1.75. The van der Waals surface area contributed by atoms with Gasteiger partial charge in [0.25, 0.3) is 5.91 Å². The summed E-state index contributed by atoms with van der Waals surface area (Å²) in [6.07, 6.45) is 7.69. The van der Waals surface area contributed by atoms with E-state index in [0.717, 1.165) is 44.5 Å². The van der Waals surface area contributed by atoms with Crippen molar-refractivity contribution in [2.45, 2.75) is 25.7 Å². The second-order valence-electron chi connectivity index (χ2n) is 7.45. The predicted octanol–water partition coefficient (Wildman–Crippen LogP) is 4.06. The number of carbonyl (C=O) groups excluding carboxylic acids is 1. The number of piperidine rings is 1. The van der Waals surface area contributed by atoms with Crippen LogP contribution in [0.3, 0.4) is 0 Å². The molecule has 2 heterocycles. The Kier molecular flexibility index (Phi) is 5.42. The van der Waals surface area contributed by atoms with Crippen LogP contribution in [0.5, 0.6) is 5.75 Å². The van der Waals surface area contributed by atoms with Crippen molar-refractivity contribution in [3.63, 3.8) is 0 Å². The first-order chi connectivity index (χ1) is 13.7. The summed E-state index contributed by atoms with van der Waals surface area (Å²) in [4.78, 5) is 14.8. The fourth-order valence-corrected chi connectivity index (χ4v) is 3.80. The number of nitrogens with zero attached hydrogens (tertiary/aromatic N) is 3. The molecule has 0 saturated carbocycles. The third-order valence-corrected chi connectivity index (χ3v) is 5.53. The van der Waals surface area contributed by atoms with Crippen molar-refractivity contribution in [2.75, 3.05) is 13.1 Å². The molecule has 2 aromatic carbocycles. The Morgan fingerprint density at radius 2 is 1.75 bits per heavy atom. The first-order valence-corrected chi connectivity index (χ1v) is 9.86. The number of amides is 1. The van der Waals surface area contributed by atoms with Crippen molar-refractivity contribution in [1.29, 1.82) is 0 Å². The molecule has 0 bridgehead atoms. The average Bonchev–Trinajstić information content (AvgIpc) is 3.24. The van der Waals surface area contributed by atoms with Gasteiger partial charge in [0.2, 0.25) is 0 Å². The lowest BCUT2D eigenvalue weighted by molar-refractivity contribution is 0.0687. The molecule has 5 nitrogen and oxygen atoms in total. The number of aromatic hydroxyl groups is 1. The summed E-state index contributed by atoms with van der Waals surface area (Å²) in [5.74, 6) is 1.02. The second kappa shape index (κ2) is 8.30. The van der Waals surface area contributed by atoms with Crippen LogP contribution in [0.25, 0.3) is 5.69 Å². The van der Waals surface area contributed by atoms with Crippen LogP contribution in [0.1, 0.15) is 35.2 Å². The second-order valence-corrected chi connectivity index (χ2v) is 7.45. The van der Waals surface area contributed by atoms with Crippen LogP contribution in [0.15, 0.2) is 67.0 Å². The van der Waals surface area contributed by atoms with Gasteiger partial charge in [-0.25, -0.2) is 4.68 Å². The number of carbonyl (C=O) groups is 1. The molecule has 1 aromatic heterocycles. The molecule has 3 aromatic rings. The minimum absolute atomic E-state index is 0.0687. The van der Waals surface area contributed by atoms with Gasteiger partial charge in [-0.05, 0) is 61.4 Å². The Morgan fingerprint density at radius 3 is 2.46 bits per heavy atom. The molecule has 1 N–H and O–H groups in total. The van der Waals surface area contributed by atoms with Gasteiger partial charge in [0, 0.05) is 19.3 Å². The number of aryl methyl sites for hydroxylation is 1. The molecule has 1 fully saturated rings. The van der Waals surface area contributed by atoms with Crippen LogP contribution in [-0.2, 0) is 6.42 Å². The quantitative estimate of drug-likeness (QED) is 0.731. The summed E-state index contributed by atoms with van der Waals surface area (Å²) in [5, 5.41) is 13.7. The summed E-state index contributed by atoms with van der Waals surface area (Å²) in [6.45, 7) is 1.60. The van der Waals surface area contributed by atoms with E-state index >= 15 is 0 Å². The van der Waals surface area contributed by atoms with Crippen molar-refractivity contribution in [1.82, 2.24) is 14.7 Å². The van der Waals surface area contributed by atoms with Gasteiger partial charge in [-0.3, -0.25) is 4.79 Å². The maximum atomic E-state index is 12.8. The highest BCUT2D eigenvalue weighted by Gasteiger charge is 2.24. The lowest BCUT2D eigenvalue weighted by Gasteiger charge is -2.31. The largest absolute Gasteiger partial charge is 0.508 e. The molecule has 0 radical (unpaired) electrons. The molecule has 144 valence electrons. The number of phenolic OH excluding ortho intramolecular Hbond substituents is 1. The van der Waals surface area contributed by atoms with E-state index in [0.29, 0.717) is 17.2 Å². The highest BCUT2D eigenvalue weighted by Crippen LogP contribution is 2.24. The van der Waals surface area contributed by atoms with Crippen molar-refractivity contribution in [2.24, 2.45) is 5.92 Å². The molecule has 4 rings (SSSR count). The zero-order chi connectivity index (χ0) is 19.3. The standard InChI is InChI=1S/C23H25N3O2/c27-22-10-8-18(9-11-22)6-7-19-12-14-25(15-13-19)23(28)20-16-24-26(17-20)21-4-2-1-3-5-21/h1-5,8-11,16-17,19,27H,6-7,12-15H2. The smallest absolute Gasteiger partial charge is 0.257 e. The van der Waals surface area contributed by atoms with Crippen molar-refractivity contribution >= 4 is 5.91 Å². The zero-order valence-corrected chi connectivity index (χ0v) is 15.9. The maximum Gasteiger partial charge on any atom is 0.257 e. The predicted molar refractivity (Wildman–Crippen MR) is 109 cm³/mol. The first-order valence-electron chi connectivity index (χ1n) is 9.86. The number of benzene rings is 2. The third-order valence-electron chi connectivity index (χ3n) is 5.53. The van der Waals surface area contributed by atoms with Gasteiger partial charge in [0.05, 0.1) is 17.4 Å². The van der Waals surface area contributed by atoms with Crippen LogP contribution in [0.4, 0.5) is 0 Å². The number of rotatable bonds is 5. The zero-order valence-electron chi connectivity index (χ0n) is 15.9. The molecule has 5 heteroatoms. The number of hydrogen-bond acceptors (Lipinski definition) is 3. The topological polar surface area (TPSA) is 58.4 Å². The fraction of sp³-hybridized carbons (Fsp3) is 0.304. The Hall–Kier alpha value is -3.08. The lowest BCUT2D eigenvalue weighted by Crippen LogP contribution is -2.38. The molecule has 0 atom stereocenters. The van der Waals surface area contributed by atoms with Gasteiger partial charge in [-0.2, -0.15) is 5.10 Å². The number of para-hydroxylation sites is 1. The van der Waals surface area contributed by atoms with Gasteiger partial charge in [-0.15, -0.1) is 0 Å². The van der Waals surface area contributed by atoms with Crippen LogP contribution < -0.4 is 0 Å². The molecule has 0 unspecified atom stereocenters. The summed E-state index contributed by atoms with van der Waals surface area (Å²) >= 11 is 0. The van der Waals surface area contributed by atoms with E-state index in [1.54, 1.807) is 23.0 Å². The molecule has 1 amide bonds. The number of hydrogen-bond donors (Lipinski definition) is 1.